The first kappa shape index (κ1) is 24.0. The average molecular weight is 536 g/mol. The second kappa shape index (κ2) is 9.48. The summed E-state index contributed by atoms with van der Waals surface area (Å²) in [4.78, 5) is 8.95. The SMILES string of the molecule is C[Si](C)(C)CCOCn1c(-c2ccc(C(F)(F)F)cc2)nc(Br)c1C1C=CNC(Cl)=N1. The van der Waals surface area contributed by atoms with Crippen molar-refractivity contribution in [1.82, 2.24) is 14.9 Å². The molecular weight excluding hydrogens is 513 g/mol. The summed E-state index contributed by atoms with van der Waals surface area (Å²) in [6, 6.07) is 5.49. The number of amidine groups is 1. The van der Waals surface area contributed by atoms with Gasteiger partial charge in [0.2, 0.25) is 0 Å². The summed E-state index contributed by atoms with van der Waals surface area (Å²) in [6.45, 7) is 7.57. The monoisotopic (exact) mass is 534 g/mol. The number of imidazole rings is 1. The van der Waals surface area contributed by atoms with E-state index >= 15 is 0 Å². The lowest BCUT2D eigenvalue weighted by molar-refractivity contribution is -0.137. The molecule has 1 aromatic carbocycles. The van der Waals surface area contributed by atoms with Crippen molar-refractivity contribution >= 4 is 40.9 Å². The molecule has 0 radical (unpaired) electrons. The molecular formula is C20H23BrClF3N4OSi. The number of hydrogen-bond donors (Lipinski definition) is 1. The molecule has 1 atom stereocenters. The third-order valence-electron chi connectivity index (χ3n) is 4.66. The van der Waals surface area contributed by atoms with E-state index in [1.807, 2.05) is 10.6 Å². The molecule has 1 aromatic heterocycles. The van der Waals surface area contributed by atoms with Crippen LogP contribution in [0.5, 0.6) is 0 Å². The molecule has 0 saturated carbocycles. The van der Waals surface area contributed by atoms with E-state index in [0.29, 0.717) is 28.3 Å². The maximum absolute atomic E-state index is 13.0. The van der Waals surface area contributed by atoms with Gasteiger partial charge in [0.05, 0.1) is 11.3 Å². The highest BCUT2D eigenvalue weighted by Gasteiger charge is 2.30. The predicted molar refractivity (Wildman–Crippen MR) is 123 cm³/mol. The summed E-state index contributed by atoms with van der Waals surface area (Å²) in [7, 11) is -1.27. The number of aromatic nitrogens is 2. The highest BCUT2D eigenvalue weighted by Crippen LogP contribution is 2.35. The fraction of sp³-hybridized carbons (Fsp3) is 0.400. The van der Waals surface area contributed by atoms with E-state index in [-0.39, 0.29) is 12.0 Å². The Morgan fingerprint density at radius 3 is 2.48 bits per heavy atom. The zero-order valence-electron chi connectivity index (χ0n) is 17.3. The molecule has 0 fully saturated rings. The normalized spacial score (nSPS) is 16.9. The van der Waals surface area contributed by atoms with Crippen LogP contribution in [-0.4, -0.2) is 29.5 Å². The first-order chi connectivity index (χ1) is 14.5. The smallest absolute Gasteiger partial charge is 0.361 e. The third-order valence-corrected chi connectivity index (χ3v) is 7.16. The molecule has 3 rings (SSSR count). The molecule has 168 valence electrons. The highest BCUT2D eigenvalue weighted by molar-refractivity contribution is 9.10. The van der Waals surface area contributed by atoms with Crippen LogP contribution in [0.1, 0.15) is 17.3 Å². The van der Waals surface area contributed by atoms with Gasteiger partial charge < -0.3 is 14.6 Å². The minimum atomic E-state index is -4.40. The van der Waals surface area contributed by atoms with E-state index in [2.05, 4.69) is 50.9 Å². The largest absolute Gasteiger partial charge is 0.416 e. The summed E-state index contributed by atoms with van der Waals surface area (Å²) >= 11 is 9.52. The molecule has 2 aromatic rings. The van der Waals surface area contributed by atoms with Gasteiger partial charge >= 0.3 is 6.18 Å². The fourth-order valence-electron chi connectivity index (χ4n) is 2.97. The number of alkyl halides is 3. The van der Waals surface area contributed by atoms with Gasteiger partial charge in [-0.2, -0.15) is 13.2 Å². The van der Waals surface area contributed by atoms with Gasteiger partial charge in [-0.05, 0) is 51.8 Å². The number of benzene rings is 1. The Labute approximate surface area is 193 Å². The first-order valence-electron chi connectivity index (χ1n) is 9.63. The Morgan fingerprint density at radius 2 is 1.90 bits per heavy atom. The Bertz CT molecular complexity index is 984. The van der Waals surface area contributed by atoms with Gasteiger partial charge in [0.1, 0.15) is 23.2 Å². The summed E-state index contributed by atoms with van der Waals surface area (Å²) < 4.78 is 47.2. The molecule has 11 heteroatoms. The minimum absolute atomic E-state index is 0.194. The van der Waals surface area contributed by atoms with Crippen molar-refractivity contribution in [2.75, 3.05) is 6.61 Å². The topological polar surface area (TPSA) is 51.4 Å². The lowest BCUT2D eigenvalue weighted by Crippen LogP contribution is -2.22. The Morgan fingerprint density at radius 1 is 1.23 bits per heavy atom. The van der Waals surface area contributed by atoms with Gasteiger partial charge in [-0.15, -0.1) is 0 Å². The van der Waals surface area contributed by atoms with Crippen LogP contribution in [-0.2, 0) is 17.6 Å². The van der Waals surface area contributed by atoms with Crippen LogP contribution in [0.15, 0.2) is 46.1 Å². The van der Waals surface area contributed by atoms with E-state index in [4.69, 9.17) is 16.3 Å². The number of nitrogens with one attached hydrogen (secondary N) is 1. The maximum atomic E-state index is 13.0. The van der Waals surface area contributed by atoms with E-state index < -0.39 is 25.9 Å². The van der Waals surface area contributed by atoms with Gasteiger partial charge in [-0.1, -0.05) is 31.8 Å². The quantitative estimate of drug-likeness (QED) is 0.254. The van der Waals surface area contributed by atoms with Crippen molar-refractivity contribution in [2.24, 2.45) is 4.99 Å². The highest BCUT2D eigenvalue weighted by atomic mass is 79.9. The number of rotatable bonds is 7. The standard InChI is InChI=1S/C20H23BrClF3N4OSi/c1-31(2,3)11-10-30-12-29-16(15-8-9-26-19(22)27-15)17(21)28-18(29)13-4-6-14(7-5-13)20(23,24)25/h4-9,15H,10-12H2,1-3H3,(H,26,27). The molecule has 0 amide bonds. The second-order valence-corrected chi connectivity index (χ2v) is 15.1. The lowest BCUT2D eigenvalue weighted by atomic mass is 10.1. The van der Waals surface area contributed by atoms with Crippen LogP contribution in [0.4, 0.5) is 13.2 Å². The first-order valence-corrected chi connectivity index (χ1v) is 14.5. The predicted octanol–water partition coefficient (Wildman–Crippen LogP) is 6.40. The Kier molecular flexibility index (Phi) is 7.34. The lowest BCUT2D eigenvalue weighted by Gasteiger charge is -2.19. The molecule has 0 saturated heterocycles. The van der Waals surface area contributed by atoms with E-state index in [1.165, 1.54) is 12.1 Å². The van der Waals surface area contributed by atoms with E-state index in [1.54, 1.807) is 6.20 Å². The fourth-order valence-corrected chi connectivity index (χ4v) is 4.52. The molecule has 1 aliphatic rings. The van der Waals surface area contributed by atoms with Crippen LogP contribution in [0.3, 0.4) is 0 Å². The van der Waals surface area contributed by atoms with E-state index in [0.717, 1.165) is 18.2 Å². The number of hydrogen-bond acceptors (Lipinski definition) is 4. The van der Waals surface area contributed by atoms with Crippen molar-refractivity contribution in [3.8, 4) is 11.4 Å². The van der Waals surface area contributed by atoms with Crippen molar-refractivity contribution in [3.63, 3.8) is 0 Å². The van der Waals surface area contributed by atoms with E-state index in [9.17, 15) is 13.2 Å². The Hall–Kier alpha value is -1.62. The van der Waals surface area contributed by atoms with Gasteiger partial charge in [0, 0.05) is 26.4 Å². The van der Waals surface area contributed by atoms with Crippen LogP contribution in [0.2, 0.25) is 25.7 Å². The van der Waals surface area contributed by atoms with Crippen molar-refractivity contribution in [1.29, 1.82) is 0 Å². The number of nitrogens with zero attached hydrogens (tertiary/aromatic N) is 3. The van der Waals surface area contributed by atoms with Crippen molar-refractivity contribution < 1.29 is 17.9 Å². The maximum Gasteiger partial charge on any atom is 0.416 e. The zero-order chi connectivity index (χ0) is 22.8. The number of ether oxygens (including phenoxy) is 1. The summed E-state index contributed by atoms with van der Waals surface area (Å²) in [5, 5.41) is 3.04. The summed E-state index contributed by atoms with van der Waals surface area (Å²) in [6.07, 6.45) is -0.888. The molecule has 1 N–H and O–H groups in total. The molecule has 31 heavy (non-hydrogen) atoms. The van der Waals surface area contributed by atoms with Gasteiger partial charge in [-0.3, -0.25) is 0 Å². The third kappa shape index (κ3) is 6.21. The molecule has 0 bridgehead atoms. The van der Waals surface area contributed by atoms with Gasteiger partial charge in [0.15, 0.2) is 5.29 Å². The van der Waals surface area contributed by atoms with Crippen LogP contribution >= 0.6 is 27.5 Å². The molecule has 2 heterocycles. The average Bonchev–Trinajstić information content (AvgIpc) is 3.00. The Balaban J connectivity index is 1.97. The molecule has 0 spiro atoms. The molecule has 5 nitrogen and oxygen atoms in total. The molecule has 1 aliphatic heterocycles. The number of aliphatic imine (C=N–C) groups is 1. The molecule has 0 aliphatic carbocycles. The zero-order valence-corrected chi connectivity index (χ0v) is 20.6. The molecule has 1 unspecified atom stereocenters. The van der Waals surface area contributed by atoms with Gasteiger partial charge in [-0.25, -0.2) is 9.98 Å². The van der Waals surface area contributed by atoms with Crippen LogP contribution < -0.4 is 5.32 Å². The number of halogens is 5. The second-order valence-electron chi connectivity index (χ2n) is 8.33. The summed E-state index contributed by atoms with van der Waals surface area (Å²) in [5.41, 5.74) is 0.540. The van der Waals surface area contributed by atoms with Crippen molar-refractivity contribution in [2.45, 2.75) is 44.6 Å². The van der Waals surface area contributed by atoms with Crippen LogP contribution in [0, 0.1) is 0 Å². The van der Waals surface area contributed by atoms with Gasteiger partial charge in [0.25, 0.3) is 0 Å². The van der Waals surface area contributed by atoms with Crippen molar-refractivity contribution in [3.05, 3.63) is 52.4 Å². The summed E-state index contributed by atoms with van der Waals surface area (Å²) in [5.74, 6) is 0.488. The van der Waals surface area contributed by atoms with Crippen LogP contribution in [0.25, 0.3) is 11.4 Å². The minimum Gasteiger partial charge on any atom is -0.361 e.